The zero-order valence-corrected chi connectivity index (χ0v) is 19.1. The van der Waals surface area contributed by atoms with Gasteiger partial charge in [-0.1, -0.05) is 51.1 Å². The molecule has 1 N–H and O–H groups in total. The van der Waals surface area contributed by atoms with E-state index in [1.807, 2.05) is 61.5 Å². The average Bonchev–Trinajstić information content (AvgIpc) is 2.77. The number of nitrogens with one attached hydrogen (secondary N) is 1. The summed E-state index contributed by atoms with van der Waals surface area (Å²) in [5.41, 5.74) is 0.962. The van der Waals surface area contributed by atoms with E-state index in [2.05, 4.69) is 19.2 Å². The van der Waals surface area contributed by atoms with E-state index in [9.17, 15) is 9.59 Å². The van der Waals surface area contributed by atoms with Crippen molar-refractivity contribution in [2.75, 3.05) is 19.4 Å². The van der Waals surface area contributed by atoms with Crippen LogP contribution in [0.25, 0.3) is 0 Å². The van der Waals surface area contributed by atoms with Crippen molar-refractivity contribution in [3.63, 3.8) is 0 Å². The van der Waals surface area contributed by atoms with Gasteiger partial charge in [0.25, 0.3) is 0 Å². The fourth-order valence-corrected chi connectivity index (χ4v) is 3.82. The van der Waals surface area contributed by atoms with Gasteiger partial charge in [0.2, 0.25) is 11.8 Å². The molecular formula is C24H32N2O3S. The maximum atomic E-state index is 13.2. The minimum absolute atomic E-state index is 0.0498. The normalized spacial score (nSPS) is 11.8. The third-order valence-electron chi connectivity index (χ3n) is 4.69. The average molecular weight is 429 g/mol. The molecule has 30 heavy (non-hydrogen) atoms. The van der Waals surface area contributed by atoms with Crippen LogP contribution in [0, 0.1) is 5.92 Å². The number of nitrogens with zero attached hydrogens (tertiary/aromatic N) is 1. The number of hydrogen-bond donors (Lipinski definition) is 1. The van der Waals surface area contributed by atoms with Crippen molar-refractivity contribution in [3.05, 3.63) is 60.2 Å². The van der Waals surface area contributed by atoms with Crippen LogP contribution in [0.2, 0.25) is 0 Å². The molecule has 0 heterocycles. The molecule has 0 bridgehead atoms. The Kier molecular flexibility index (Phi) is 9.74. The van der Waals surface area contributed by atoms with Gasteiger partial charge in [-0.3, -0.25) is 9.59 Å². The Hall–Kier alpha value is -2.47. The smallest absolute Gasteiger partial charge is 0.242 e. The van der Waals surface area contributed by atoms with Gasteiger partial charge < -0.3 is 15.0 Å². The second-order valence-electron chi connectivity index (χ2n) is 7.53. The fraction of sp³-hybridized carbons (Fsp3) is 0.417. The number of amides is 2. The highest BCUT2D eigenvalue weighted by Crippen LogP contribution is 2.21. The van der Waals surface area contributed by atoms with Crippen LogP contribution < -0.4 is 10.1 Å². The van der Waals surface area contributed by atoms with Crippen LogP contribution in [0.3, 0.4) is 0 Å². The van der Waals surface area contributed by atoms with E-state index in [-0.39, 0.29) is 17.6 Å². The highest BCUT2D eigenvalue weighted by Gasteiger charge is 2.28. The van der Waals surface area contributed by atoms with Crippen LogP contribution >= 0.6 is 11.8 Å². The molecule has 0 saturated carbocycles. The molecule has 0 aliphatic carbocycles. The molecule has 2 aromatic rings. The molecule has 5 nitrogen and oxygen atoms in total. The number of rotatable bonds is 11. The highest BCUT2D eigenvalue weighted by atomic mass is 32.2. The molecule has 0 spiro atoms. The minimum Gasteiger partial charge on any atom is -0.497 e. The van der Waals surface area contributed by atoms with E-state index in [0.29, 0.717) is 25.4 Å². The lowest BCUT2D eigenvalue weighted by Gasteiger charge is -2.31. The second kappa shape index (κ2) is 12.3. The van der Waals surface area contributed by atoms with E-state index >= 15 is 0 Å². The molecular weight excluding hydrogens is 396 g/mol. The first-order chi connectivity index (χ1) is 14.4. The van der Waals surface area contributed by atoms with Crippen LogP contribution in [0.4, 0.5) is 0 Å². The Bertz CT molecular complexity index is 794. The lowest BCUT2D eigenvalue weighted by atomic mass is 10.1. The molecule has 2 amide bonds. The number of hydrogen-bond acceptors (Lipinski definition) is 4. The molecule has 0 aromatic heterocycles. The minimum atomic E-state index is -0.505. The molecule has 0 saturated heterocycles. The molecule has 0 aliphatic rings. The first-order valence-corrected chi connectivity index (χ1v) is 11.3. The molecule has 162 valence electrons. The monoisotopic (exact) mass is 428 g/mol. The van der Waals surface area contributed by atoms with Crippen LogP contribution in [0.15, 0.2) is 59.5 Å². The summed E-state index contributed by atoms with van der Waals surface area (Å²) < 4.78 is 5.22. The van der Waals surface area contributed by atoms with Crippen molar-refractivity contribution in [1.82, 2.24) is 10.2 Å². The van der Waals surface area contributed by atoms with Crippen LogP contribution in [-0.4, -0.2) is 42.2 Å². The van der Waals surface area contributed by atoms with Crippen molar-refractivity contribution < 1.29 is 14.3 Å². The molecule has 2 rings (SSSR count). The molecule has 1 atom stereocenters. The van der Waals surface area contributed by atoms with E-state index < -0.39 is 6.04 Å². The third-order valence-corrected chi connectivity index (χ3v) is 5.68. The lowest BCUT2D eigenvalue weighted by Crippen LogP contribution is -2.50. The molecule has 0 aliphatic heterocycles. The van der Waals surface area contributed by atoms with Crippen LogP contribution in [0.5, 0.6) is 5.75 Å². The zero-order valence-electron chi connectivity index (χ0n) is 18.3. The van der Waals surface area contributed by atoms with Crippen LogP contribution in [-0.2, 0) is 16.1 Å². The van der Waals surface area contributed by atoms with E-state index in [4.69, 9.17) is 4.74 Å². The van der Waals surface area contributed by atoms with E-state index in [1.165, 1.54) is 11.8 Å². The second-order valence-corrected chi connectivity index (χ2v) is 8.58. The number of carbonyl (C=O) groups is 2. The fourth-order valence-electron chi connectivity index (χ4n) is 3.01. The molecule has 0 radical (unpaired) electrons. The number of ether oxygens (including phenoxy) is 1. The summed E-state index contributed by atoms with van der Waals surface area (Å²) in [5, 5.41) is 2.99. The summed E-state index contributed by atoms with van der Waals surface area (Å²) in [4.78, 5) is 28.8. The standard InChI is InChI=1S/C24H32N2O3S/c1-5-22(24(28)25-15-18(2)3)26(16-19-11-13-20(29-4)14-12-19)23(27)17-30-21-9-7-6-8-10-21/h6-14,18,22H,5,15-17H2,1-4H3,(H,25,28)/t22-/m0/s1. The van der Waals surface area contributed by atoms with Gasteiger partial charge >= 0.3 is 0 Å². The zero-order chi connectivity index (χ0) is 21.9. The Morgan fingerprint density at radius 2 is 1.73 bits per heavy atom. The highest BCUT2D eigenvalue weighted by molar-refractivity contribution is 8.00. The predicted octanol–water partition coefficient (Wildman–Crippen LogP) is 4.37. The Morgan fingerprint density at radius 1 is 1.07 bits per heavy atom. The Morgan fingerprint density at radius 3 is 2.30 bits per heavy atom. The third kappa shape index (κ3) is 7.41. The maximum Gasteiger partial charge on any atom is 0.242 e. The van der Waals surface area contributed by atoms with Crippen LogP contribution in [0.1, 0.15) is 32.8 Å². The first-order valence-electron chi connectivity index (χ1n) is 10.3. The van der Waals surface area contributed by atoms with E-state index in [0.717, 1.165) is 16.2 Å². The van der Waals surface area contributed by atoms with Crippen molar-refractivity contribution in [1.29, 1.82) is 0 Å². The molecule has 0 unspecified atom stereocenters. The Balaban J connectivity index is 2.17. The van der Waals surface area contributed by atoms with Gasteiger partial charge in [0.1, 0.15) is 11.8 Å². The van der Waals surface area contributed by atoms with Gasteiger partial charge in [0.15, 0.2) is 0 Å². The Labute approximate surface area is 184 Å². The summed E-state index contributed by atoms with van der Waals surface area (Å²) in [5.74, 6) is 1.25. The van der Waals surface area contributed by atoms with Crippen molar-refractivity contribution >= 4 is 23.6 Å². The SMILES string of the molecule is CC[C@@H](C(=O)NCC(C)C)N(Cc1ccc(OC)cc1)C(=O)CSc1ccccc1. The maximum absolute atomic E-state index is 13.2. The van der Waals surface area contributed by atoms with Gasteiger partial charge in [-0.2, -0.15) is 0 Å². The van der Waals surface area contributed by atoms with Gasteiger partial charge in [0.05, 0.1) is 12.9 Å². The number of methoxy groups -OCH3 is 1. The van der Waals surface area contributed by atoms with Crippen molar-refractivity contribution in [2.24, 2.45) is 5.92 Å². The lowest BCUT2D eigenvalue weighted by molar-refractivity contribution is -0.139. The van der Waals surface area contributed by atoms with Gasteiger partial charge in [-0.05, 0) is 42.2 Å². The van der Waals surface area contributed by atoms with Gasteiger partial charge in [-0.15, -0.1) is 11.8 Å². The number of benzene rings is 2. The first kappa shape index (κ1) is 23.8. The van der Waals surface area contributed by atoms with Gasteiger partial charge in [-0.25, -0.2) is 0 Å². The summed E-state index contributed by atoms with van der Waals surface area (Å²) in [6, 6.07) is 16.9. The molecule has 0 fully saturated rings. The molecule has 6 heteroatoms. The summed E-state index contributed by atoms with van der Waals surface area (Å²) in [6.45, 7) is 7.03. The quantitative estimate of drug-likeness (QED) is 0.540. The van der Waals surface area contributed by atoms with Crippen molar-refractivity contribution in [3.8, 4) is 5.75 Å². The summed E-state index contributed by atoms with van der Waals surface area (Å²) >= 11 is 1.49. The summed E-state index contributed by atoms with van der Waals surface area (Å²) in [6.07, 6.45) is 0.557. The number of thioether (sulfide) groups is 1. The van der Waals surface area contributed by atoms with E-state index in [1.54, 1.807) is 12.0 Å². The topological polar surface area (TPSA) is 58.6 Å². The van der Waals surface area contributed by atoms with Crippen molar-refractivity contribution in [2.45, 2.75) is 44.7 Å². The molecule has 2 aromatic carbocycles. The predicted molar refractivity (Wildman–Crippen MR) is 123 cm³/mol. The largest absolute Gasteiger partial charge is 0.497 e. The number of carbonyl (C=O) groups excluding carboxylic acids is 2. The van der Waals surface area contributed by atoms with Gasteiger partial charge in [0, 0.05) is 18.0 Å². The summed E-state index contributed by atoms with van der Waals surface area (Å²) in [7, 11) is 1.62.